The highest BCUT2D eigenvalue weighted by atomic mass is 16.3. The summed E-state index contributed by atoms with van der Waals surface area (Å²) in [5.41, 5.74) is 7.27. The first kappa shape index (κ1) is 15.8. The van der Waals surface area contributed by atoms with Gasteiger partial charge in [0.15, 0.2) is 0 Å². The molecule has 1 aromatic heterocycles. The third-order valence-corrected chi connectivity index (χ3v) is 4.00. The van der Waals surface area contributed by atoms with Gasteiger partial charge in [0.25, 0.3) is 5.91 Å². The van der Waals surface area contributed by atoms with Crippen LogP contribution < -0.4 is 5.73 Å². The molecular formula is C16H25N3O2. The zero-order valence-corrected chi connectivity index (χ0v) is 12.7. The van der Waals surface area contributed by atoms with Crippen LogP contribution in [-0.2, 0) is 6.42 Å². The van der Waals surface area contributed by atoms with Crippen molar-refractivity contribution in [2.24, 2.45) is 0 Å². The summed E-state index contributed by atoms with van der Waals surface area (Å²) in [7, 11) is 0. The normalized spacial score (nSPS) is 19.3. The first-order valence-electron chi connectivity index (χ1n) is 7.84. The molecule has 1 amide bonds. The van der Waals surface area contributed by atoms with Crippen molar-refractivity contribution in [3.63, 3.8) is 0 Å². The molecule has 3 N–H and O–H groups in total. The number of carbonyl (C=O) groups is 1. The Kier molecular flexibility index (Phi) is 5.56. The molecule has 5 nitrogen and oxygen atoms in total. The smallest absolute Gasteiger partial charge is 0.254 e. The van der Waals surface area contributed by atoms with Crippen molar-refractivity contribution in [1.29, 1.82) is 0 Å². The first-order valence-corrected chi connectivity index (χ1v) is 7.84. The van der Waals surface area contributed by atoms with E-state index in [2.05, 4.69) is 11.9 Å². The predicted octanol–water partition coefficient (Wildman–Crippen LogP) is 1.99. The van der Waals surface area contributed by atoms with Crippen molar-refractivity contribution >= 4 is 11.7 Å². The molecule has 0 bridgehead atoms. The minimum absolute atomic E-state index is 0.0219. The second-order valence-corrected chi connectivity index (χ2v) is 5.71. The van der Waals surface area contributed by atoms with Crippen molar-refractivity contribution in [3.05, 3.63) is 23.4 Å². The molecule has 1 aliphatic heterocycles. The number of anilines is 1. The third kappa shape index (κ3) is 3.94. The molecule has 0 spiro atoms. The number of aryl methyl sites for hydroxylation is 1. The number of nitrogens with two attached hydrogens (primary N) is 1. The van der Waals surface area contributed by atoms with Gasteiger partial charge in [0, 0.05) is 17.8 Å². The molecule has 2 heterocycles. The van der Waals surface area contributed by atoms with Gasteiger partial charge in [-0.05, 0) is 31.4 Å². The summed E-state index contributed by atoms with van der Waals surface area (Å²) in [6, 6.07) is 3.39. The minimum Gasteiger partial charge on any atom is -0.394 e. The van der Waals surface area contributed by atoms with Crippen LogP contribution in [0.3, 0.4) is 0 Å². The van der Waals surface area contributed by atoms with Crippen molar-refractivity contribution in [2.75, 3.05) is 18.9 Å². The number of amides is 1. The topological polar surface area (TPSA) is 79.5 Å². The van der Waals surface area contributed by atoms with E-state index in [1.54, 1.807) is 11.0 Å². The van der Waals surface area contributed by atoms with Gasteiger partial charge < -0.3 is 15.7 Å². The lowest BCUT2D eigenvalue weighted by atomic mass is 10.1. The quantitative estimate of drug-likeness (QED) is 0.889. The second-order valence-electron chi connectivity index (χ2n) is 5.71. The number of carbonyl (C=O) groups excluding carboxylic acids is 1. The van der Waals surface area contributed by atoms with Crippen molar-refractivity contribution in [2.45, 2.75) is 51.5 Å². The summed E-state index contributed by atoms with van der Waals surface area (Å²) in [5.74, 6) is 0.349. The van der Waals surface area contributed by atoms with Gasteiger partial charge in [0.1, 0.15) is 5.82 Å². The number of nitrogen functional groups attached to an aromatic ring is 1. The zero-order chi connectivity index (χ0) is 15.2. The molecule has 116 valence electrons. The number of aliphatic hydroxyl groups is 1. The lowest BCUT2D eigenvalue weighted by Crippen LogP contribution is -2.42. The highest BCUT2D eigenvalue weighted by Crippen LogP contribution is 2.20. The van der Waals surface area contributed by atoms with Crippen LogP contribution in [-0.4, -0.2) is 40.1 Å². The van der Waals surface area contributed by atoms with Crippen molar-refractivity contribution in [3.8, 4) is 0 Å². The number of aromatic nitrogens is 1. The Labute approximate surface area is 126 Å². The van der Waals surface area contributed by atoms with Crippen LogP contribution in [0.25, 0.3) is 0 Å². The van der Waals surface area contributed by atoms with Crippen LogP contribution in [0.1, 0.15) is 55.1 Å². The van der Waals surface area contributed by atoms with Crippen LogP contribution in [0.5, 0.6) is 0 Å². The molecule has 0 aliphatic carbocycles. The molecule has 0 saturated carbocycles. The fourth-order valence-electron chi connectivity index (χ4n) is 2.92. The summed E-state index contributed by atoms with van der Waals surface area (Å²) < 4.78 is 0. The molecule has 1 aliphatic rings. The molecule has 0 radical (unpaired) electrons. The zero-order valence-electron chi connectivity index (χ0n) is 12.7. The molecule has 1 saturated heterocycles. The highest BCUT2D eigenvalue weighted by molar-refractivity contribution is 5.95. The standard InChI is InChI=1S/C16H25N3O2/c1-2-6-13-9-12(10-15(17)18-13)16(21)19-8-5-3-4-7-14(19)11-20/h9-10,14,20H,2-8,11H2,1H3,(H2,17,18). The van der Waals surface area contributed by atoms with Gasteiger partial charge in [0.2, 0.25) is 0 Å². The summed E-state index contributed by atoms with van der Waals surface area (Å²) >= 11 is 0. The van der Waals surface area contributed by atoms with Crippen LogP contribution in [0.4, 0.5) is 5.82 Å². The minimum atomic E-state index is -0.0796. The Balaban J connectivity index is 2.24. The summed E-state index contributed by atoms with van der Waals surface area (Å²) in [6.45, 7) is 2.80. The molecule has 0 aromatic carbocycles. The van der Waals surface area contributed by atoms with Gasteiger partial charge >= 0.3 is 0 Å². The Hall–Kier alpha value is -1.62. The van der Waals surface area contributed by atoms with Crippen molar-refractivity contribution < 1.29 is 9.90 Å². The van der Waals surface area contributed by atoms with Crippen LogP contribution >= 0.6 is 0 Å². The average Bonchev–Trinajstić information content (AvgIpc) is 2.71. The Morgan fingerprint density at radius 3 is 2.95 bits per heavy atom. The Morgan fingerprint density at radius 1 is 1.43 bits per heavy atom. The van der Waals surface area contributed by atoms with Gasteiger partial charge in [-0.25, -0.2) is 4.98 Å². The summed E-state index contributed by atoms with van der Waals surface area (Å²) in [6.07, 6.45) is 5.81. The van der Waals surface area contributed by atoms with E-state index in [9.17, 15) is 9.90 Å². The van der Waals surface area contributed by atoms with Gasteiger partial charge in [-0.2, -0.15) is 0 Å². The third-order valence-electron chi connectivity index (χ3n) is 4.00. The number of aliphatic hydroxyl groups excluding tert-OH is 1. The molecule has 1 atom stereocenters. The van der Waals surface area contributed by atoms with Gasteiger partial charge in [-0.3, -0.25) is 4.79 Å². The molecule has 1 unspecified atom stereocenters. The number of nitrogens with zero attached hydrogens (tertiary/aromatic N) is 2. The van der Waals surface area contributed by atoms with Gasteiger partial charge in [0.05, 0.1) is 12.6 Å². The highest BCUT2D eigenvalue weighted by Gasteiger charge is 2.26. The molecule has 5 heteroatoms. The molecule has 21 heavy (non-hydrogen) atoms. The maximum atomic E-state index is 12.8. The predicted molar refractivity (Wildman–Crippen MR) is 83.0 cm³/mol. The van der Waals surface area contributed by atoms with Crippen LogP contribution in [0.15, 0.2) is 12.1 Å². The van der Waals surface area contributed by atoms with E-state index in [1.165, 1.54) is 0 Å². The average molecular weight is 291 g/mol. The summed E-state index contributed by atoms with van der Waals surface area (Å²) in [4.78, 5) is 18.8. The lowest BCUT2D eigenvalue weighted by molar-refractivity contribution is 0.0599. The van der Waals surface area contributed by atoms with Crippen molar-refractivity contribution in [1.82, 2.24) is 9.88 Å². The van der Waals surface area contributed by atoms with Gasteiger partial charge in [-0.15, -0.1) is 0 Å². The molecule has 1 fully saturated rings. The van der Waals surface area contributed by atoms with Crippen LogP contribution in [0, 0.1) is 0 Å². The molecular weight excluding hydrogens is 266 g/mol. The molecule has 2 rings (SSSR count). The summed E-state index contributed by atoms with van der Waals surface area (Å²) in [5, 5.41) is 9.54. The largest absolute Gasteiger partial charge is 0.394 e. The first-order chi connectivity index (χ1) is 10.2. The number of likely N-dealkylation sites (tertiary alicyclic amines) is 1. The Morgan fingerprint density at radius 2 is 2.24 bits per heavy atom. The van der Waals surface area contributed by atoms with Crippen LogP contribution in [0.2, 0.25) is 0 Å². The Bertz CT molecular complexity index is 490. The SMILES string of the molecule is CCCc1cc(C(=O)N2CCCCCC2CO)cc(N)n1. The second kappa shape index (κ2) is 7.41. The van der Waals surface area contributed by atoms with E-state index in [-0.39, 0.29) is 18.6 Å². The monoisotopic (exact) mass is 291 g/mol. The fraction of sp³-hybridized carbons (Fsp3) is 0.625. The van der Waals surface area contributed by atoms with E-state index in [0.717, 1.165) is 44.2 Å². The van der Waals surface area contributed by atoms with Gasteiger partial charge in [-0.1, -0.05) is 26.2 Å². The van der Waals surface area contributed by atoms with E-state index in [0.29, 0.717) is 17.9 Å². The maximum Gasteiger partial charge on any atom is 0.254 e. The lowest BCUT2D eigenvalue weighted by Gasteiger charge is -2.29. The maximum absolute atomic E-state index is 12.8. The number of hydrogen-bond acceptors (Lipinski definition) is 4. The number of pyridine rings is 1. The van der Waals surface area contributed by atoms with E-state index < -0.39 is 0 Å². The number of hydrogen-bond donors (Lipinski definition) is 2. The molecule has 1 aromatic rings. The van der Waals surface area contributed by atoms with E-state index >= 15 is 0 Å². The van der Waals surface area contributed by atoms with E-state index in [4.69, 9.17) is 5.73 Å². The number of rotatable bonds is 4. The fourth-order valence-corrected chi connectivity index (χ4v) is 2.92. The van der Waals surface area contributed by atoms with E-state index in [1.807, 2.05) is 6.07 Å².